The number of Topliss-reactive ketones (excluding diaryl/α,β-unsaturated/α-hetero) is 1. The molecule has 1 aliphatic carbocycles. The number of piperidine rings is 1. The Bertz CT molecular complexity index is 2460. The highest BCUT2D eigenvalue weighted by Gasteiger charge is 2.57. The van der Waals surface area contributed by atoms with E-state index in [4.69, 9.17) is 24.8 Å². The molecule has 1 aromatic carbocycles. The number of benzene rings is 1. The fourth-order valence-electron chi connectivity index (χ4n) is 9.18. The number of nitrogens with two attached hydrogens (primary N) is 1. The number of ketones is 1. The number of nitrogen functional groups attached to an aromatic ring is 1. The van der Waals surface area contributed by atoms with Crippen LogP contribution in [0.1, 0.15) is 112 Å². The van der Waals surface area contributed by atoms with Gasteiger partial charge in [-0.3, -0.25) is 19.2 Å². The number of amides is 1. The number of pyridine rings is 1. The number of carbonyl (C=O) groups excluding carboxylic acids is 5. The van der Waals surface area contributed by atoms with Gasteiger partial charge in [-0.05, 0) is 57.1 Å². The second kappa shape index (κ2) is 22.0. The number of halogens is 1. The summed E-state index contributed by atoms with van der Waals surface area (Å²) in [6, 6.07) is 0.352. The van der Waals surface area contributed by atoms with Crippen LogP contribution in [0.5, 0.6) is 0 Å². The lowest BCUT2D eigenvalue weighted by Gasteiger charge is -2.46. The Hall–Kier alpha value is -5.34. The van der Waals surface area contributed by atoms with Crippen LogP contribution in [0, 0.1) is 11.7 Å². The molecule has 3 aromatic rings. The number of unbranched alkanes of at least 4 members (excludes halogenated alkanes) is 7. The van der Waals surface area contributed by atoms with Crippen molar-refractivity contribution in [1.29, 1.82) is 0 Å². The highest BCUT2D eigenvalue weighted by atomic mass is 32.2. The van der Waals surface area contributed by atoms with Crippen LogP contribution < -0.4 is 21.4 Å². The maximum atomic E-state index is 15.7. The number of hydrogen-bond acceptors (Lipinski definition) is 17. The molecule has 356 valence electrons. The number of esters is 3. The van der Waals surface area contributed by atoms with Crippen molar-refractivity contribution in [2.45, 2.75) is 114 Å². The molecule has 1 saturated heterocycles. The van der Waals surface area contributed by atoms with E-state index in [1.165, 1.54) is 31.9 Å². The van der Waals surface area contributed by atoms with Gasteiger partial charge in [0.1, 0.15) is 36.8 Å². The molecule has 66 heavy (non-hydrogen) atoms. The minimum atomic E-state index is -0.907. The van der Waals surface area contributed by atoms with Gasteiger partial charge in [0, 0.05) is 59.6 Å². The minimum absolute atomic E-state index is 0.00360. The Labute approximate surface area is 389 Å². The molecular formula is C46H57FN6O11S2. The second-order valence-electron chi connectivity index (χ2n) is 17.2. The molecule has 5 heterocycles. The number of aliphatic hydroxyl groups excluding tert-OH is 1. The lowest BCUT2D eigenvalue weighted by molar-refractivity contribution is -0.144. The number of aliphatic hydroxyl groups is 1. The first-order valence-corrected chi connectivity index (χ1v) is 24.5. The molecular weight excluding hydrogens is 896 g/mol. The van der Waals surface area contributed by atoms with Crippen LogP contribution in [-0.4, -0.2) is 113 Å². The van der Waals surface area contributed by atoms with Gasteiger partial charge in [-0.2, -0.15) is 11.8 Å². The molecule has 3 aliphatic heterocycles. The van der Waals surface area contributed by atoms with E-state index in [2.05, 4.69) is 15.5 Å². The van der Waals surface area contributed by atoms with E-state index in [0.717, 1.165) is 61.8 Å². The standard InChI is InChI=1S/C46H57FN6O11S2/c1-25-12-13-29-38-30(20-32(47)39(29)52-16-14-28(55)15-17-52)40(56)31(21-53(25)38)44(59)62-18-10-8-6-4-5-7-9-11-19-63-45(60)34-27(22-64-26(2)54)23-65-42-35(34)41(57)37(42)50-43(58)36(51-61-3)33-24-66-46(48)49-33/h20-21,24-25,28,35,37,42,55H,4-19,22-23H2,1-3H3,(H2,48,49)(H,50,58)/b51-36-/t25?,35?,37?,42-/m0/s1. The van der Waals surface area contributed by atoms with Crippen molar-refractivity contribution >= 4 is 80.1 Å². The van der Waals surface area contributed by atoms with Crippen LogP contribution >= 0.6 is 23.1 Å². The van der Waals surface area contributed by atoms with Crippen molar-refractivity contribution in [3.63, 3.8) is 0 Å². The number of carbonyl (C=O) groups is 5. The van der Waals surface area contributed by atoms with Gasteiger partial charge in [0.15, 0.2) is 16.6 Å². The number of thiazole rings is 1. The second-order valence-corrected chi connectivity index (χ2v) is 19.2. The number of hydrogen-bond donors (Lipinski definition) is 3. The summed E-state index contributed by atoms with van der Waals surface area (Å²) in [7, 11) is 1.28. The number of anilines is 2. The molecule has 7 rings (SSSR count). The lowest BCUT2D eigenvalue weighted by Crippen LogP contribution is -2.66. The molecule has 20 heteroatoms. The molecule has 4 atom stereocenters. The number of fused-ring (bicyclic) bond motifs is 1. The van der Waals surface area contributed by atoms with Crippen LogP contribution in [-0.2, 0) is 44.6 Å². The third kappa shape index (κ3) is 10.8. The SMILES string of the molecule is CO/N=C(\C(=O)NC1C(=O)C2C(C(=O)OCCCCCCCCCCOC(=O)c3cn4c5c(c(N6CCC(O)CC6)c(F)cc5c3=O)CCC4C)=C(COC(C)=O)CS[C@H]12)c1csc(N)n1. The summed E-state index contributed by atoms with van der Waals surface area (Å²) >= 11 is 2.50. The zero-order valence-corrected chi connectivity index (χ0v) is 39.1. The molecule has 0 radical (unpaired) electrons. The van der Waals surface area contributed by atoms with E-state index in [1.54, 1.807) is 11.6 Å². The first-order valence-electron chi connectivity index (χ1n) is 22.6. The van der Waals surface area contributed by atoms with Crippen LogP contribution in [0.15, 0.2) is 38.7 Å². The van der Waals surface area contributed by atoms with Crippen molar-refractivity contribution in [1.82, 2.24) is 14.9 Å². The number of nitrogens with zero attached hydrogens (tertiary/aromatic N) is 4. The maximum Gasteiger partial charge on any atom is 0.343 e. The topological polar surface area (TPSA) is 231 Å². The molecule has 2 fully saturated rings. The van der Waals surface area contributed by atoms with Crippen LogP contribution in [0.25, 0.3) is 10.9 Å². The fourth-order valence-corrected chi connectivity index (χ4v) is 11.2. The van der Waals surface area contributed by atoms with E-state index in [1.807, 2.05) is 16.4 Å². The van der Waals surface area contributed by atoms with Gasteiger partial charge in [0.2, 0.25) is 5.43 Å². The molecule has 4 aliphatic rings. The molecule has 1 amide bonds. The molecule has 0 bridgehead atoms. The Kier molecular flexibility index (Phi) is 16.2. The third-order valence-corrected chi connectivity index (χ3v) is 14.8. The molecule has 4 N–H and O–H groups in total. The molecule has 2 aromatic heterocycles. The predicted octanol–water partition coefficient (Wildman–Crippen LogP) is 5.18. The Balaban J connectivity index is 0.824. The van der Waals surface area contributed by atoms with E-state index in [-0.39, 0.29) is 64.7 Å². The quantitative estimate of drug-likeness (QED) is 0.0436. The van der Waals surface area contributed by atoms with Crippen molar-refractivity contribution < 1.29 is 52.5 Å². The van der Waals surface area contributed by atoms with Gasteiger partial charge < -0.3 is 44.7 Å². The molecule has 1 saturated carbocycles. The summed E-state index contributed by atoms with van der Waals surface area (Å²) < 4.78 is 34.0. The number of oxime groups is 1. The fraction of sp³-hybridized carbons (Fsp3) is 0.565. The predicted molar refractivity (Wildman–Crippen MR) is 247 cm³/mol. The van der Waals surface area contributed by atoms with Crippen LogP contribution in [0.3, 0.4) is 0 Å². The van der Waals surface area contributed by atoms with Gasteiger partial charge in [-0.1, -0.05) is 43.7 Å². The Morgan fingerprint density at radius 2 is 1.65 bits per heavy atom. The van der Waals surface area contributed by atoms with E-state index in [9.17, 15) is 33.9 Å². The normalized spacial score (nSPS) is 20.7. The summed E-state index contributed by atoms with van der Waals surface area (Å²) in [4.78, 5) is 89.5. The van der Waals surface area contributed by atoms with Crippen molar-refractivity contribution in [3.05, 3.63) is 61.7 Å². The first kappa shape index (κ1) is 48.6. The number of nitrogens with one attached hydrogen (secondary N) is 1. The highest BCUT2D eigenvalue weighted by Crippen LogP contribution is 2.46. The zero-order valence-electron chi connectivity index (χ0n) is 37.4. The van der Waals surface area contributed by atoms with Crippen molar-refractivity contribution in [2.24, 2.45) is 11.1 Å². The highest BCUT2D eigenvalue weighted by molar-refractivity contribution is 8.00. The van der Waals surface area contributed by atoms with E-state index >= 15 is 4.39 Å². The number of aromatic nitrogens is 2. The number of thioether (sulfide) groups is 1. The monoisotopic (exact) mass is 952 g/mol. The first-order chi connectivity index (χ1) is 31.8. The Morgan fingerprint density at radius 3 is 2.29 bits per heavy atom. The largest absolute Gasteiger partial charge is 0.462 e. The summed E-state index contributed by atoms with van der Waals surface area (Å²) in [5.41, 5.74) is 7.73. The summed E-state index contributed by atoms with van der Waals surface area (Å²) in [6.07, 6.45) is 10.2. The van der Waals surface area contributed by atoms with E-state index in [0.29, 0.717) is 67.7 Å². The molecule has 17 nitrogen and oxygen atoms in total. The van der Waals surface area contributed by atoms with Crippen LogP contribution in [0.4, 0.5) is 15.2 Å². The summed E-state index contributed by atoms with van der Waals surface area (Å²) in [5, 5.41) is 18.0. The average Bonchev–Trinajstić information content (AvgIpc) is 3.73. The van der Waals surface area contributed by atoms with Gasteiger partial charge in [0.25, 0.3) is 5.91 Å². The lowest BCUT2D eigenvalue weighted by atomic mass is 9.71. The van der Waals surface area contributed by atoms with E-state index < -0.39 is 58.4 Å². The number of rotatable bonds is 20. The molecule has 3 unspecified atom stereocenters. The maximum absolute atomic E-state index is 15.7. The van der Waals surface area contributed by atoms with Gasteiger partial charge in [-0.15, -0.1) is 11.3 Å². The molecule has 0 spiro atoms. The third-order valence-electron chi connectivity index (χ3n) is 12.7. The number of aryl methyl sites for hydroxylation is 1. The number of ether oxygens (including phenoxy) is 3. The average molecular weight is 953 g/mol. The van der Waals surface area contributed by atoms with Crippen LogP contribution in [0.2, 0.25) is 0 Å². The van der Waals surface area contributed by atoms with Crippen molar-refractivity contribution in [3.8, 4) is 0 Å². The van der Waals surface area contributed by atoms with Gasteiger partial charge in [-0.25, -0.2) is 19.0 Å². The summed E-state index contributed by atoms with van der Waals surface area (Å²) in [5.74, 6) is -3.98. The van der Waals surface area contributed by atoms with Crippen molar-refractivity contribution in [2.75, 3.05) is 56.4 Å². The summed E-state index contributed by atoms with van der Waals surface area (Å²) in [6.45, 7) is 4.49. The van der Waals surface area contributed by atoms with Gasteiger partial charge in [0.05, 0.1) is 42.0 Å². The van der Waals surface area contributed by atoms with Gasteiger partial charge >= 0.3 is 17.9 Å². The Morgan fingerprint density at radius 1 is 0.985 bits per heavy atom. The smallest absolute Gasteiger partial charge is 0.343 e. The zero-order chi connectivity index (χ0) is 47.1. The minimum Gasteiger partial charge on any atom is -0.462 e.